The van der Waals surface area contributed by atoms with Gasteiger partial charge in [-0.15, -0.1) is 0 Å². The van der Waals surface area contributed by atoms with Crippen LogP contribution in [-0.2, 0) is 14.8 Å². The minimum Gasteiger partial charge on any atom is -0.494 e. The lowest BCUT2D eigenvalue weighted by atomic mass is 10.2. The number of piperazine rings is 1. The molecule has 0 saturated carbocycles. The highest BCUT2D eigenvalue weighted by atomic mass is 32.2. The molecule has 1 aliphatic heterocycles. The van der Waals surface area contributed by atoms with E-state index < -0.39 is 10.0 Å². The van der Waals surface area contributed by atoms with E-state index in [1.165, 1.54) is 16.4 Å². The number of anilines is 1. The minimum absolute atomic E-state index is 0.155. The van der Waals surface area contributed by atoms with Crippen LogP contribution < -0.4 is 9.64 Å². The van der Waals surface area contributed by atoms with Crippen LogP contribution in [0.25, 0.3) is 0 Å². The molecule has 0 N–H and O–H groups in total. The molecule has 0 spiro atoms. The number of sulfonamides is 1. The van der Waals surface area contributed by atoms with Gasteiger partial charge < -0.3 is 14.5 Å². The summed E-state index contributed by atoms with van der Waals surface area (Å²) in [6.07, 6.45) is 0. The van der Waals surface area contributed by atoms with E-state index in [1.807, 2.05) is 25.1 Å². The summed E-state index contributed by atoms with van der Waals surface area (Å²) in [4.78, 5) is 17.0. The fraction of sp³-hybridized carbons (Fsp3) is 0.409. The third kappa shape index (κ3) is 5.12. The van der Waals surface area contributed by atoms with Crippen LogP contribution >= 0.6 is 0 Å². The Bertz CT molecular complexity index is 925. The fourth-order valence-electron chi connectivity index (χ4n) is 3.49. The Labute approximate surface area is 178 Å². The largest absolute Gasteiger partial charge is 0.494 e. The molecule has 0 aromatic heterocycles. The lowest BCUT2D eigenvalue weighted by molar-refractivity contribution is -0.131. The van der Waals surface area contributed by atoms with Crippen molar-refractivity contribution in [3.05, 3.63) is 54.6 Å². The topological polar surface area (TPSA) is 70.2 Å². The standard InChI is InChI=1S/C22H29N3O4S/c1-3-25(30(27,28)21-12-10-20(11-13-21)29-4-2)18-22(26)24-16-14-23(15-17-24)19-8-6-5-7-9-19/h5-13H,3-4,14-18H2,1-2H3. The van der Waals surface area contributed by atoms with Gasteiger partial charge in [0.1, 0.15) is 5.75 Å². The zero-order valence-electron chi connectivity index (χ0n) is 17.5. The van der Waals surface area contributed by atoms with Gasteiger partial charge in [0.15, 0.2) is 0 Å². The maximum atomic E-state index is 13.0. The fourth-order valence-corrected chi connectivity index (χ4v) is 4.89. The number of hydrogen-bond donors (Lipinski definition) is 0. The predicted molar refractivity (Wildman–Crippen MR) is 117 cm³/mol. The lowest BCUT2D eigenvalue weighted by Gasteiger charge is -2.36. The van der Waals surface area contributed by atoms with E-state index in [0.29, 0.717) is 25.4 Å². The van der Waals surface area contributed by atoms with E-state index >= 15 is 0 Å². The molecule has 2 aromatic carbocycles. The summed E-state index contributed by atoms with van der Waals surface area (Å²) in [7, 11) is -3.75. The average Bonchev–Trinajstić information content (AvgIpc) is 2.78. The molecule has 8 heteroatoms. The summed E-state index contributed by atoms with van der Waals surface area (Å²) in [5, 5.41) is 0. The molecule has 0 radical (unpaired) electrons. The molecule has 0 unspecified atom stereocenters. The minimum atomic E-state index is -3.75. The number of rotatable bonds is 8. The first-order chi connectivity index (χ1) is 14.5. The molecule has 3 rings (SSSR count). The first kappa shape index (κ1) is 22.1. The van der Waals surface area contributed by atoms with E-state index in [9.17, 15) is 13.2 Å². The Morgan fingerprint density at radius 1 is 0.967 bits per heavy atom. The normalized spacial score (nSPS) is 14.8. The Morgan fingerprint density at radius 3 is 2.17 bits per heavy atom. The zero-order chi connectivity index (χ0) is 21.6. The van der Waals surface area contributed by atoms with Crippen molar-refractivity contribution in [2.75, 3.05) is 50.8 Å². The van der Waals surface area contributed by atoms with Crippen molar-refractivity contribution in [1.29, 1.82) is 0 Å². The smallest absolute Gasteiger partial charge is 0.243 e. The molecule has 1 heterocycles. The molecule has 30 heavy (non-hydrogen) atoms. The molecule has 0 bridgehead atoms. The first-order valence-corrected chi connectivity index (χ1v) is 11.7. The van der Waals surface area contributed by atoms with Gasteiger partial charge in [-0.3, -0.25) is 4.79 Å². The molecule has 7 nitrogen and oxygen atoms in total. The molecule has 1 saturated heterocycles. The van der Waals surface area contributed by atoms with Crippen LogP contribution in [0.3, 0.4) is 0 Å². The number of para-hydroxylation sites is 1. The van der Waals surface area contributed by atoms with Crippen molar-refractivity contribution in [3.63, 3.8) is 0 Å². The summed E-state index contributed by atoms with van der Waals surface area (Å²) in [6.45, 7) is 6.81. The highest BCUT2D eigenvalue weighted by Crippen LogP contribution is 2.20. The van der Waals surface area contributed by atoms with Crippen LogP contribution in [0, 0.1) is 0 Å². The van der Waals surface area contributed by atoms with Crippen LogP contribution in [0.15, 0.2) is 59.5 Å². The maximum Gasteiger partial charge on any atom is 0.243 e. The SMILES string of the molecule is CCOc1ccc(S(=O)(=O)N(CC)CC(=O)N2CCN(c3ccccc3)CC2)cc1. The molecule has 0 atom stereocenters. The number of benzene rings is 2. The summed E-state index contributed by atoms with van der Waals surface area (Å²) in [5.74, 6) is 0.450. The quantitative estimate of drug-likeness (QED) is 0.642. The average molecular weight is 432 g/mol. The summed E-state index contributed by atoms with van der Waals surface area (Å²) in [5.41, 5.74) is 1.14. The Hall–Kier alpha value is -2.58. The van der Waals surface area contributed by atoms with Crippen LogP contribution in [0.4, 0.5) is 5.69 Å². The molecule has 162 valence electrons. The Balaban J connectivity index is 1.61. The van der Waals surface area contributed by atoms with Gasteiger partial charge in [-0.25, -0.2) is 8.42 Å². The number of nitrogens with zero attached hydrogens (tertiary/aromatic N) is 3. The second-order valence-electron chi connectivity index (χ2n) is 7.04. The van der Waals surface area contributed by atoms with Gasteiger partial charge in [0.05, 0.1) is 18.0 Å². The van der Waals surface area contributed by atoms with Crippen molar-refractivity contribution in [2.45, 2.75) is 18.7 Å². The van der Waals surface area contributed by atoms with E-state index in [-0.39, 0.29) is 23.9 Å². The van der Waals surface area contributed by atoms with Crippen molar-refractivity contribution < 1.29 is 17.9 Å². The number of carbonyl (C=O) groups is 1. The second-order valence-corrected chi connectivity index (χ2v) is 8.98. The van der Waals surface area contributed by atoms with Crippen molar-refractivity contribution in [1.82, 2.24) is 9.21 Å². The summed E-state index contributed by atoms with van der Waals surface area (Å²) >= 11 is 0. The zero-order valence-corrected chi connectivity index (χ0v) is 18.3. The Morgan fingerprint density at radius 2 is 1.60 bits per heavy atom. The highest BCUT2D eigenvalue weighted by Gasteiger charge is 2.28. The third-order valence-corrected chi connectivity index (χ3v) is 7.13. The molecule has 1 fully saturated rings. The van der Waals surface area contributed by atoms with Crippen LogP contribution in [0.5, 0.6) is 5.75 Å². The van der Waals surface area contributed by atoms with Gasteiger partial charge in [0, 0.05) is 38.4 Å². The van der Waals surface area contributed by atoms with Crippen LogP contribution in [0.2, 0.25) is 0 Å². The van der Waals surface area contributed by atoms with Crippen molar-refractivity contribution in [2.24, 2.45) is 0 Å². The maximum absolute atomic E-state index is 13.0. The molecular formula is C22H29N3O4S. The van der Waals surface area contributed by atoms with Gasteiger partial charge in [-0.2, -0.15) is 4.31 Å². The molecule has 2 aromatic rings. The number of likely N-dealkylation sites (N-methyl/N-ethyl adjacent to an activating group) is 1. The highest BCUT2D eigenvalue weighted by molar-refractivity contribution is 7.89. The molecule has 0 aliphatic carbocycles. The molecule has 1 aliphatic rings. The van der Waals surface area contributed by atoms with Crippen LogP contribution in [0.1, 0.15) is 13.8 Å². The van der Waals surface area contributed by atoms with E-state index in [1.54, 1.807) is 24.0 Å². The molecular weight excluding hydrogens is 402 g/mol. The van der Waals surface area contributed by atoms with Crippen molar-refractivity contribution >= 4 is 21.6 Å². The van der Waals surface area contributed by atoms with E-state index in [0.717, 1.165) is 18.8 Å². The van der Waals surface area contributed by atoms with Crippen LogP contribution in [-0.4, -0.2) is 69.4 Å². The van der Waals surface area contributed by atoms with Gasteiger partial charge in [0.2, 0.25) is 15.9 Å². The van der Waals surface area contributed by atoms with Crippen molar-refractivity contribution in [3.8, 4) is 5.75 Å². The Kier molecular flexibility index (Phi) is 7.33. The molecule has 1 amide bonds. The van der Waals surface area contributed by atoms with Gasteiger partial charge >= 0.3 is 0 Å². The second kappa shape index (κ2) is 9.95. The van der Waals surface area contributed by atoms with Gasteiger partial charge in [-0.1, -0.05) is 25.1 Å². The number of carbonyl (C=O) groups excluding carboxylic acids is 1. The van der Waals surface area contributed by atoms with E-state index in [4.69, 9.17) is 4.74 Å². The summed E-state index contributed by atoms with van der Waals surface area (Å²) in [6, 6.07) is 16.4. The first-order valence-electron chi connectivity index (χ1n) is 10.3. The number of hydrogen-bond acceptors (Lipinski definition) is 5. The monoisotopic (exact) mass is 431 g/mol. The number of ether oxygens (including phenoxy) is 1. The van der Waals surface area contributed by atoms with Gasteiger partial charge in [0.25, 0.3) is 0 Å². The number of amides is 1. The summed E-state index contributed by atoms with van der Waals surface area (Å²) < 4.78 is 32.6. The third-order valence-electron chi connectivity index (χ3n) is 5.19. The predicted octanol–water partition coefficient (Wildman–Crippen LogP) is 2.44. The van der Waals surface area contributed by atoms with E-state index in [2.05, 4.69) is 17.0 Å². The lowest BCUT2D eigenvalue weighted by Crippen LogP contribution is -2.51. The van der Waals surface area contributed by atoms with Gasteiger partial charge in [-0.05, 0) is 43.3 Å².